The Hall–Kier alpha value is -3.15. The molecule has 0 bridgehead atoms. The molecular formula is C19H20N4O2. The minimum absolute atomic E-state index is 0.192. The minimum Gasteiger partial charge on any atom is -0.441 e. The van der Waals surface area contributed by atoms with Crippen LogP contribution in [0.1, 0.15) is 21.8 Å². The van der Waals surface area contributed by atoms with E-state index < -0.39 is 0 Å². The Kier molecular flexibility index (Phi) is 4.52. The van der Waals surface area contributed by atoms with Gasteiger partial charge in [-0.15, -0.1) is 0 Å². The van der Waals surface area contributed by atoms with E-state index in [0.717, 1.165) is 22.8 Å². The van der Waals surface area contributed by atoms with Crippen LogP contribution in [-0.4, -0.2) is 30.0 Å². The lowest BCUT2D eigenvalue weighted by molar-refractivity contribution is 0.102. The van der Waals surface area contributed by atoms with E-state index in [-0.39, 0.29) is 5.91 Å². The van der Waals surface area contributed by atoms with Crippen LogP contribution >= 0.6 is 0 Å². The van der Waals surface area contributed by atoms with Crippen LogP contribution in [-0.2, 0) is 0 Å². The first-order valence-electron chi connectivity index (χ1n) is 7.93. The van der Waals surface area contributed by atoms with Crippen LogP contribution in [0.15, 0.2) is 47.0 Å². The zero-order chi connectivity index (χ0) is 18.0. The van der Waals surface area contributed by atoms with Crippen molar-refractivity contribution < 1.29 is 9.21 Å². The summed E-state index contributed by atoms with van der Waals surface area (Å²) in [6.45, 7) is 3.78. The molecule has 0 aliphatic heterocycles. The van der Waals surface area contributed by atoms with Crippen LogP contribution in [0.4, 0.5) is 11.5 Å². The number of aryl methyl sites for hydroxylation is 2. The first kappa shape index (κ1) is 16.7. The predicted octanol–water partition coefficient (Wildman–Crippen LogP) is 3.67. The topological polar surface area (TPSA) is 71.3 Å². The highest BCUT2D eigenvalue weighted by Gasteiger charge is 2.11. The molecule has 0 spiro atoms. The molecule has 2 aromatic heterocycles. The van der Waals surface area contributed by atoms with Gasteiger partial charge in [-0.05, 0) is 44.2 Å². The monoisotopic (exact) mass is 336 g/mol. The van der Waals surface area contributed by atoms with Gasteiger partial charge < -0.3 is 14.6 Å². The molecule has 0 aliphatic carbocycles. The maximum absolute atomic E-state index is 12.5. The average molecular weight is 336 g/mol. The minimum atomic E-state index is -0.192. The van der Waals surface area contributed by atoms with Crippen LogP contribution in [0.25, 0.3) is 11.5 Å². The summed E-state index contributed by atoms with van der Waals surface area (Å²) < 4.78 is 5.65. The lowest BCUT2D eigenvalue weighted by Crippen LogP contribution is -2.15. The van der Waals surface area contributed by atoms with Gasteiger partial charge in [-0.25, -0.2) is 9.97 Å². The molecular weight excluding hydrogens is 316 g/mol. The molecule has 1 N–H and O–H groups in total. The van der Waals surface area contributed by atoms with E-state index in [1.807, 2.05) is 57.1 Å². The van der Waals surface area contributed by atoms with Gasteiger partial charge in [0.15, 0.2) is 0 Å². The van der Waals surface area contributed by atoms with Gasteiger partial charge in [0.1, 0.15) is 11.6 Å². The SMILES string of the molecule is Cc1nc(-c2cccc(NC(=O)c3ccnc(N(C)C)c3)c2)oc1C. The van der Waals surface area contributed by atoms with Crippen LogP contribution in [0.5, 0.6) is 0 Å². The maximum Gasteiger partial charge on any atom is 0.255 e. The fraction of sp³-hybridized carbons (Fsp3) is 0.211. The number of aromatic nitrogens is 2. The average Bonchev–Trinajstić information content (AvgIpc) is 2.94. The van der Waals surface area contributed by atoms with Gasteiger partial charge in [0.25, 0.3) is 5.91 Å². The van der Waals surface area contributed by atoms with Gasteiger partial charge in [-0.3, -0.25) is 4.79 Å². The normalized spacial score (nSPS) is 10.6. The predicted molar refractivity (Wildman–Crippen MR) is 97.9 cm³/mol. The lowest BCUT2D eigenvalue weighted by atomic mass is 10.2. The summed E-state index contributed by atoms with van der Waals surface area (Å²) in [5, 5.41) is 2.90. The number of nitrogens with one attached hydrogen (secondary N) is 1. The molecule has 0 fully saturated rings. The third-order valence-electron chi connectivity index (χ3n) is 3.86. The van der Waals surface area contributed by atoms with E-state index in [0.29, 0.717) is 17.1 Å². The maximum atomic E-state index is 12.5. The molecule has 3 aromatic rings. The summed E-state index contributed by atoms with van der Waals surface area (Å²) >= 11 is 0. The van der Waals surface area contributed by atoms with Crippen molar-refractivity contribution in [3.63, 3.8) is 0 Å². The van der Waals surface area contributed by atoms with E-state index in [1.165, 1.54) is 0 Å². The van der Waals surface area contributed by atoms with Crippen molar-refractivity contribution in [1.29, 1.82) is 0 Å². The second-order valence-electron chi connectivity index (χ2n) is 5.99. The molecule has 1 aromatic carbocycles. The second-order valence-corrected chi connectivity index (χ2v) is 5.99. The Balaban J connectivity index is 1.82. The van der Waals surface area contributed by atoms with Gasteiger partial charge in [0, 0.05) is 37.1 Å². The summed E-state index contributed by atoms with van der Waals surface area (Å²) in [6.07, 6.45) is 1.62. The quantitative estimate of drug-likeness (QED) is 0.787. The number of benzene rings is 1. The summed E-state index contributed by atoms with van der Waals surface area (Å²) in [5.41, 5.74) is 2.90. The highest BCUT2D eigenvalue weighted by atomic mass is 16.4. The lowest BCUT2D eigenvalue weighted by Gasteiger charge is -2.12. The van der Waals surface area contributed by atoms with Crippen molar-refractivity contribution >= 4 is 17.4 Å². The van der Waals surface area contributed by atoms with Crippen molar-refractivity contribution in [2.45, 2.75) is 13.8 Å². The fourth-order valence-electron chi connectivity index (χ4n) is 2.33. The molecule has 0 saturated carbocycles. The molecule has 0 saturated heterocycles. The van der Waals surface area contributed by atoms with Crippen molar-refractivity contribution in [2.24, 2.45) is 0 Å². The van der Waals surface area contributed by atoms with E-state index in [1.54, 1.807) is 18.3 Å². The fourth-order valence-corrected chi connectivity index (χ4v) is 2.33. The molecule has 0 atom stereocenters. The summed E-state index contributed by atoms with van der Waals surface area (Å²) in [5.74, 6) is 1.87. The van der Waals surface area contributed by atoms with E-state index in [4.69, 9.17) is 4.42 Å². The molecule has 0 unspecified atom stereocenters. The van der Waals surface area contributed by atoms with Gasteiger partial charge in [0.05, 0.1) is 5.69 Å². The first-order chi connectivity index (χ1) is 11.9. The van der Waals surface area contributed by atoms with Crippen molar-refractivity contribution in [3.05, 3.63) is 59.6 Å². The molecule has 6 nitrogen and oxygen atoms in total. The number of carbonyl (C=O) groups excluding carboxylic acids is 1. The largest absolute Gasteiger partial charge is 0.441 e. The Morgan fingerprint density at radius 2 is 1.96 bits per heavy atom. The Labute approximate surface area is 146 Å². The number of oxazole rings is 1. The molecule has 25 heavy (non-hydrogen) atoms. The number of rotatable bonds is 4. The van der Waals surface area contributed by atoms with Gasteiger partial charge in [-0.1, -0.05) is 6.07 Å². The molecule has 1 amide bonds. The molecule has 0 radical (unpaired) electrons. The molecule has 2 heterocycles. The number of anilines is 2. The Bertz CT molecular complexity index is 896. The first-order valence-corrected chi connectivity index (χ1v) is 7.93. The standard InChI is InChI=1S/C19H20N4O2/c1-12-13(2)25-19(21-12)15-6-5-7-16(10-15)22-18(24)14-8-9-20-17(11-14)23(3)4/h5-11H,1-4H3,(H,22,24). The number of amides is 1. The summed E-state index contributed by atoms with van der Waals surface area (Å²) in [6, 6.07) is 10.9. The van der Waals surface area contributed by atoms with Crippen LogP contribution < -0.4 is 10.2 Å². The van der Waals surface area contributed by atoms with Crippen molar-refractivity contribution in [1.82, 2.24) is 9.97 Å². The summed E-state index contributed by atoms with van der Waals surface area (Å²) in [7, 11) is 3.77. The third-order valence-corrected chi connectivity index (χ3v) is 3.86. The number of hydrogen-bond acceptors (Lipinski definition) is 5. The zero-order valence-electron chi connectivity index (χ0n) is 14.7. The van der Waals surface area contributed by atoms with Crippen LogP contribution in [0, 0.1) is 13.8 Å². The third kappa shape index (κ3) is 3.68. The van der Waals surface area contributed by atoms with Gasteiger partial charge >= 0.3 is 0 Å². The van der Waals surface area contributed by atoms with Crippen molar-refractivity contribution in [2.75, 3.05) is 24.3 Å². The zero-order valence-corrected chi connectivity index (χ0v) is 14.7. The molecule has 0 aliphatic rings. The molecule has 6 heteroatoms. The molecule has 3 rings (SSSR count). The number of nitrogens with zero attached hydrogens (tertiary/aromatic N) is 3. The summed E-state index contributed by atoms with van der Waals surface area (Å²) in [4.78, 5) is 23.0. The van der Waals surface area contributed by atoms with Crippen LogP contribution in [0.2, 0.25) is 0 Å². The molecule has 128 valence electrons. The smallest absolute Gasteiger partial charge is 0.255 e. The number of pyridine rings is 1. The van der Waals surface area contributed by atoms with Crippen molar-refractivity contribution in [3.8, 4) is 11.5 Å². The van der Waals surface area contributed by atoms with E-state index >= 15 is 0 Å². The highest BCUT2D eigenvalue weighted by Crippen LogP contribution is 2.24. The van der Waals surface area contributed by atoms with Gasteiger partial charge in [-0.2, -0.15) is 0 Å². The Morgan fingerprint density at radius 3 is 2.64 bits per heavy atom. The Morgan fingerprint density at radius 1 is 1.16 bits per heavy atom. The van der Waals surface area contributed by atoms with E-state index in [2.05, 4.69) is 15.3 Å². The second kappa shape index (κ2) is 6.76. The highest BCUT2D eigenvalue weighted by molar-refractivity contribution is 6.04. The number of carbonyl (C=O) groups is 1. The number of hydrogen-bond donors (Lipinski definition) is 1. The van der Waals surface area contributed by atoms with Gasteiger partial charge in [0.2, 0.25) is 5.89 Å². The van der Waals surface area contributed by atoms with Crippen LogP contribution in [0.3, 0.4) is 0 Å². The van der Waals surface area contributed by atoms with E-state index in [9.17, 15) is 4.79 Å².